The van der Waals surface area contributed by atoms with Gasteiger partial charge in [-0.2, -0.15) is 0 Å². The van der Waals surface area contributed by atoms with Gasteiger partial charge in [-0.25, -0.2) is 0 Å². The summed E-state index contributed by atoms with van der Waals surface area (Å²) >= 11 is 0. The van der Waals surface area contributed by atoms with Gasteiger partial charge in [0.1, 0.15) is 0 Å². The van der Waals surface area contributed by atoms with E-state index in [1.807, 2.05) is 0 Å². The molecule has 0 unspecified atom stereocenters. The summed E-state index contributed by atoms with van der Waals surface area (Å²) in [4.78, 5) is 22.0. The summed E-state index contributed by atoms with van der Waals surface area (Å²) in [6.07, 6.45) is 3.30. The summed E-state index contributed by atoms with van der Waals surface area (Å²) in [5, 5.41) is 13.2. The third-order valence-corrected chi connectivity index (χ3v) is 3.28. The number of nitrogens with two attached hydrogens (primary N) is 1. The van der Waals surface area contributed by atoms with Gasteiger partial charge in [-0.1, -0.05) is 12.8 Å². The molecule has 1 saturated carbocycles. The van der Waals surface area contributed by atoms with Crippen molar-refractivity contribution in [3.63, 3.8) is 0 Å². The van der Waals surface area contributed by atoms with E-state index in [2.05, 4.69) is 5.32 Å². The van der Waals surface area contributed by atoms with Gasteiger partial charge in [0, 0.05) is 17.8 Å². The molecule has 0 radical (unpaired) electrons. The Morgan fingerprint density at radius 3 is 2.33 bits per heavy atom. The van der Waals surface area contributed by atoms with Gasteiger partial charge < -0.3 is 11.1 Å². The Bertz CT molecular complexity index is 464. The highest BCUT2D eigenvalue weighted by Gasteiger charge is 2.36. The van der Waals surface area contributed by atoms with Gasteiger partial charge in [-0.15, -0.1) is 0 Å². The maximum atomic E-state index is 12.0. The Labute approximate surface area is 104 Å². The number of anilines is 1. The Morgan fingerprint density at radius 2 is 1.83 bits per heavy atom. The molecule has 1 aromatic rings. The molecule has 18 heavy (non-hydrogen) atoms. The van der Waals surface area contributed by atoms with Crippen LogP contribution in [0.4, 0.5) is 11.4 Å². The highest BCUT2D eigenvalue weighted by Crippen LogP contribution is 2.28. The molecule has 1 aliphatic rings. The average Bonchev–Trinajstić information content (AvgIpc) is 2.78. The minimum atomic E-state index is -0.790. The van der Waals surface area contributed by atoms with Crippen molar-refractivity contribution in [1.82, 2.24) is 0 Å². The lowest BCUT2D eigenvalue weighted by Crippen LogP contribution is -2.48. The summed E-state index contributed by atoms with van der Waals surface area (Å²) < 4.78 is 0. The summed E-state index contributed by atoms with van der Waals surface area (Å²) in [6.45, 7) is 0. The van der Waals surface area contributed by atoms with Gasteiger partial charge in [0.25, 0.3) is 5.69 Å². The summed E-state index contributed by atoms with van der Waals surface area (Å²) in [5.74, 6) is -0.214. The van der Waals surface area contributed by atoms with Gasteiger partial charge in [0.05, 0.1) is 10.5 Å². The van der Waals surface area contributed by atoms with Crippen molar-refractivity contribution in [2.45, 2.75) is 31.2 Å². The number of carbonyl (C=O) groups is 1. The molecule has 1 fully saturated rings. The average molecular weight is 249 g/mol. The number of hydrogen-bond donors (Lipinski definition) is 2. The third-order valence-electron chi connectivity index (χ3n) is 3.28. The topological polar surface area (TPSA) is 98.3 Å². The maximum absolute atomic E-state index is 12.0. The van der Waals surface area contributed by atoms with Crippen LogP contribution >= 0.6 is 0 Å². The largest absolute Gasteiger partial charge is 0.324 e. The van der Waals surface area contributed by atoms with Crippen LogP contribution in [-0.2, 0) is 4.79 Å². The second-order valence-corrected chi connectivity index (χ2v) is 4.62. The van der Waals surface area contributed by atoms with Crippen LogP contribution in [0.3, 0.4) is 0 Å². The van der Waals surface area contributed by atoms with Crippen LogP contribution in [0.25, 0.3) is 0 Å². The SMILES string of the molecule is NC1(C(=O)Nc2ccc([N+](=O)[O-])cc2)CCCC1. The fourth-order valence-electron chi connectivity index (χ4n) is 2.16. The number of amides is 1. The quantitative estimate of drug-likeness (QED) is 0.630. The molecule has 1 aliphatic carbocycles. The lowest BCUT2D eigenvalue weighted by molar-refractivity contribution is -0.384. The highest BCUT2D eigenvalue weighted by molar-refractivity contribution is 5.98. The molecule has 0 spiro atoms. The number of nitrogens with zero attached hydrogens (tertiary/aromatic N) is 1. The first kappa shape index (κ1) is 12.5. The van der Waals surface area contributed by atoms with Gasteiger partial charge in [-0.05, 0) is 25.0 Å². The van der Waals surface area contributed by atoms with Crippen LogP contribution in [0.2, 0.25) is 0 Å². The monoisotopic (exact) mass is 249 g/mol. The Morgan fingerprint density at radius 1 is 1.28 bits per heavy atom. The molecule has 6 heteroatoms. The molecule has 0 aromatic heterocycles. The van der Waals surface area contributed by atoms with E-state index < -0.39 is 10.5 Å². The standard InChI is InChI=1S/C12H15N3O3/c13-12(7-1-2-8-12)11(16)14-9-3-5-10(6-4-9)15(17)18/h3-6H,1-2,7-8,13H2,(H,14,16). The van der Waals surface area contributed by atoms with E-state index in [0.717, 1.165) is 12.8 Å². The van der Waals surface area contributed by atoms with E-state index in [1.165, 1.54) is 24.3 Å². The molecular formula is C12H15N3O3. The van der Waals surface area contributed by atoms with Crippen molar-refractivity contribution < 1.29 is 9.72 Å². The minimum absolute atomic E-state index is 0.00340. The van der Waals surface area contributed by atoms with Crippen LogP contribution < -0.4 is 11.1 Å². The van der Waals surface area contributed by atoms with E-state index >= 15 is 0 Å². The van der Waals surface area contributed by atoms with Gasteiger partial charge >= 0.3 is 0 Å². The normalized spacial score (nSPS) is 17.4. The molecule has 0 heterocycles. The zero-order chi connectivity index (χ0) is 13.2. The van der Waals surface area contributed by atoms with Crippen molar-refractivity contribution in [2.24, 2.45) is 5.73 Å². The van der Waals surface area contributed by atoms with E-state index in [4.69, 9.17) is 5.73 Å². The van der Waals surface area contributed by atoms with Crippen molar-refractivity contribution in [3.05, 3.63) is 34.4 Å². The number of carbonyl (C=O) groups excluding carboxylic acids is 1. The molecule has 96 valence electrons. The van der Waals surface area contributed by atoms with Crippen molar-refractivity contribution >= 4 is 17.3 Å². The zero-order valence-corrected chi connectivity index (χ0v) is 9.89. The van der Waals surface area contributed by atoms with Crippen LogP contribution in [-0.4, -0.2) is 16.4 Å². The smallest absolute Gasteiger partial charge is 0.269 e. The van der Waals surface area contributed by atoms with Crippen LogP contribution in [0.15, 0.2) is 24.3 Å². The number of non-ortho nitro benzene ring substituents is 1. The number of nitro benzene ring substituents is 1. The summed E-state index contributed by atoms with van der Waals surface area (Å²) in [7, 11) is 0. The molecule has 6 nitrogen and oxygen atoms in total. The molecule has 1 aromatic carbocycles. The third kappa shape index (κ3) is 2.48. The van der Waals surface area contributed by atoms with Gasteiger partial charge in [0.2, 0.25) is 5.91 Å². The maximum Gasteiger partial charge on any atom is 0.269 e. The fraction of sp³-hybridized carbons (Fsp3) is 0.417. The lowest BCUT2D eigenvalue weighted by Gasteiger charge is -2.22. The second-order valence-electron chi connectivity index (χ2n) is 4.62. The summed E-state index contributed by atoms with van der Waals surface area (Å²) in [6, 6.07) is 5.73. The predicted molar refractivity (Wildman–Crippen MR) is 67.1 cm³/mol. The lowest BCUT2D eigenvalue weighted by atomic mass is 9.98. The van der Waals surface area contributed by atoms with Crippen LogP contribution in [0, 0.1) is 10.1 Å². The molecular weight excluding hydrogens is 234 g/mol. The Kier molecular flexibility index (Phi) is 3.29. The first-order valence-corrected chi connectivity index (χ1v) is 5.86. The first-order chi connectivity index (χ1) is 8.51. The van der Waals surface area contributed by atoms with Gasteiger partial charge in [0.15, 0.2) is 0 Å². The minimum Gasteiger partial charge on any atom is -0.324 e. The number of rotatable bonds is 3. The zero-order valence-electron chi connectivity index (χ0n) is 9.89. The van der Waals surface area contributed by atoms with Gasteiger partial charge in [-0.3, -0.25) is 14.9 Å². The number of benzene rings is 1. The van der Waals surface area contributed by atoms with E-state index in [9.17, 15) is 14.9 Å². The van der Waals surface area contributed by atoms with Crippen molar-refractivity contribution in [2.75, 3.05) is 5.32 Å². The van der Waals surface area contributed by atoms with E-state index in [0.29, 0.717) is 18.5 Å². The molecule has 0 aliphatic heterocycles. The predicted octanol–water partition coefficient (Wildman–Crippen LogP) is 1.80. The Balaban J connectivity index is 2.05. The number of nitrogens with one attached hydrogen (secondary N) is 1. The van der Waals surface area contributed by atoms with E-state index in [1.54, 1.807) is 0 Å². The summed E-state index contributed by atoms with van der Waals surface area (Å²) in [5.41, 5.74) is 5.74. The van der Waals surface area contributed by atoms with Crippen molar-refractivity contribution in [3.8, 4) is 0 Å². The molecule has 0 saturated heterocycles. The fourth-order valence-corrected chi connectivity index (χ4v) is 2.16. The Hall–Kier alpha value is -1.95. The van der Waals surface area contributed by atoms with Crippen LogP contribution in [0.1, 0.15) is 25.7 Å². The highest BCUT2D eigenvalue weighted by atomic mass is 16.6. The first-order valence-electron chi connectivity index (χ1n) is 5.86. The second kappa shape index (κ2) is 4.73. The molecule has 1 amide bonds. The molecule has 0 atom stereocenters. The van der Waals surface area contributed by atoms with E-state index in [-0.39, 0.29) is 11.6 Å². The molecule has 2 rings (SSSR count). The molecule has 0 bridgehead atoms. The number of hydrogen-bond acceptors (Lipinski definition) is 4. The molecule has 3 N–H and O–H groups in total. The number of nitro groups is 1. The van der Waals surface area contributed by atoms with Crippen molar-refractivity contribution in [1.29, 1.82) is 0 Å². The van der Waals surface area contributed by atoms with Crippen LogP contribution in [0.5, 0.6) is 0 Å².